The molecule has 1 aliphatic heterocycles. The fourth-order valence-corrected chi connectivity index (χ4v) is 5.72. The van der Waals surface area contributed by atoms with Crippen LogP contribution in [0.3, 0.4) is 0 Å². The molecule has 43 heavy (non-hydrogen) atoms. The van der Waals surface area contributed by atoms with Gasteiger partial charge in [-0.3, -0.25) is 9.52 Å². The first-order valence-electron chi connectivity index (χ1n) is 13.8. The van der Waals surface area contributed by atoms with Crippen LogP contribution in [0.1, 0.15) is 19.4 Å². The minimum atomic E-state index is -3.97. The van der Waals surface area contributed by atoms with Crippen molar-refractivity contribution in [1.82, 2.24) is 19.4 Å². The zero-order chi connectivity index (χ0) is 31.3. The minimum absolute atomic E-state index is 0.0773. The molecule has 0 fully saturated rings. The van der Waals surface area contributed by atoms with Crippen LogP contribution in [0.5, 0.6) is 11.5 Å². The van der Waals surface area contributed by atoms with E-state index in [0.717, 1.165) is 0 Å². The van der Waals surface area contributed by atoms with Crippen molar-refractivity contribution < 1.29 is 32.6 Å². The second kappa shape index (κ2) is 13.3. The van der Waals surface area contributed by atoms with E-state index in [-0.39, 0.29) is 54.7 Å². The number of likely N-dealkylation sites (N-methyl/N-ethyl adjacent to an activating group) is 1. The zero-order valence-electron chi connectivity index (χ0n) is 24.9. The first kappa shape index (κ1) is 31.6. The Morgan fingerprint density at radius 1 is 1.23 bits per heavy atom. The van der Waals surface area contributed by atoms with E-state index in [1.54, 1.807) is 75.5 Å². The third-order valence-electron chi connectivity index (χ3n) is 7.27. The number of amides is 3. The van der Waals surface area contributed by atoms with Crippen molar-refractivity contribution in [2.75, 3.05) is 43.9 Å². The molecule has 0 aliphatic carbocycles. The molecule has 3 N–H and O–H groups in total. The molecule has 1 aromatic heterocycles. The highest BCUT2D eigenvalue weighted by atomic mass is 32.2. The zero-order valence-corrected chi connectivity index (χ0v) is 25.7. The highest BCUT2D eigenvalue weighted by Gasteiger charge is 2.32. The van der Waals surface area contributed by atoms with Gasteiger partial charge in [0.2, 0.25) is 5.91 Å². The van der Waals surface area contributed by atoms with Crippen molar-refractivity contribution >= 4 is 33.3 Å². The number of aromatic nitrogens is 2. The maximum atomic E-state index is 13.5. The molecule has 0 spiro atoms. The Labute approximate surface area is 251 Å². The van der Waals surface area contributed by atoms with E-state index >= 15 is 0 Å². The Balaban J connectivity index is 1.59. The van der Waals surface area contributed by atoms with Gasteiger partial charge in [0.25, 0.3) is 10.0 Å². The largest absolute Gasteiger partial charge is 0.497 e. The summed E-state index contributed by atoms with van der Waals surface area (Å²) in [6.07, 6.45) is 2.15. The Hall–Kier alpha value is -4.30. The Morgan fingerprint density at radius 2 is 1.93 bits per heavy atom. The summed E-state index contributed by atoms with van der Waals surface area (Å²) < 4.78 is 41.4. The van der Waals surface area contributed by atoms with Crippen LogP contribution in [0, 0.1) is 5.92 Å². The van der Waals surface area contributed by atoms with Gasteiger partial charge in [0, 0.05) is 49.7 Å². The smallest absolute Gasteiger partial charge is 0.321 e. The fraction of sp³-hybridized carbons (Fsp3) is 0.414. The van der Waals surface area contributed by atoms with Gasteiger partial charge in [-0.2, -0.15) is 8.42 Å². The fourth-order valence-electron chi connectivity index (χ4n) is 4.69. The second-order valence-electron chi connectivity index (χ2n) is 10.7. The van der Waals surface area contributed by atoms with Crippen LogP contribution in [0.15, 0.2) is 60.0 Å². The topological polar surface area (TPSA) is 155 Å². The summed E-state index contributed by atoms with van der Waals surface area (Å²) >= 11 is 0. The van der Waals surface area contributed by atoms with Gasteiger partial charge in [-0.05, 0) is 49.4 Å². The lowest BCUT2D eigenvalue weighted by Gasteiger charge is -2.34. The molecule has 13 nitrogen and oxygen atoms in total. The van der Waals surface area contributed by atoms with E-state index in [9.17, 15) is 23.1 Å². The molecule has 4 rings (SSSR count). The number of carbonyl (C=O) groups excluding carboxylic acids is 2. The predicted octanol–water partition coefficient (Wildman–Crippen LogP) is 2.54. The number of ether oxygens (including phenoxy) is 2. The average molecular weight is 615 g/mol. The maximum absolute atomic E-state index is 13.5. The van der Waals surface area contributed by atoms with E-state index in [1.165, 1.54) is 22.0 Å². The number of hydrogen-bond acceptors (Lipinski definition) is 8. The highest BCUT2D eigenvalue weighted by molar-refractivity contribution is 7.92. The van der Waals surface area contributed by atoms with Gasteiger partial charge in [-0.15, -0.1) is 0 Å². The van der Waals surface area contributed by atoms with Crippen molar-refractivity contribution in [1.29, 1.82) is 0 Å². The van der Waals surface area contributed by atoms with Gasteiger partial charge in [0.05, 0.1) is 39.1 Å². The van der Waals surface area contributed by atoms with E-state index < -0.39 is 22.2 Å². The molecule has 3 amide bonds. The Kier molecular flexibility index (Phi) is 9.81. The molecule has 0 bridgehead atoms. The van der Waals surface area contributed by atoms with Gasteiger partial charge < -0.3 is 34.3 Å². The van der Waals surface area contributed by atoms with Gasteiger partial charge in [-0.1, -0.05) is 6.92 Å². The van der Waals surface area contributed by atoms with E-state index in [0.29, 0.717) is 22.7 Å². The summed E-state index contributed by atoms with van der Waals surface area (Å²) in [7, 11) is 0.913. The normalized spacial score (nSPS) is 17.9. The Morgan fingerprint density at radius 3 is 2.56 bits per heavy atom. The summed E-state index contributed by atoms with van der Waals surface area (Å²) in [6, 6.07) is 10.9. The molecule has 2 heterocycles. The average Bonchev–Trinajstić information content (AvgIpc) is 3.44. The number of nitrogens with zero attached hydrogens (tertiary/aromatic N) is 4. The van der Waals surface area contributed by atoms with Crippen LogP contribution in [0.4, 0.5) is 16.2 Å². The van der Waals surface area contributed by atoms with E-state index in [4.69, 9.17) is 9.47 Å². The molecule has 3 atom stereocenters. The van der Waals surface area contributed by atoms with Crippen molar-refractivity contribution in [3.8, 4) is 11.5 Å². The summed E-state index contributed by atoms with van der Waals surface area (Å²) in [5, 5.41) is 12.6. The summed E-state index contributed by atoms with van der Waals surface area (Å²) in [6.45, 7) is 3.92. The van der Waals surface area contributed by atoms with Crippen LogP contribution in [0.2, 0.25) is 0 Å². The van der Waals surface area contributed by atoms with Crippen LogP contribution in [-0.4, -0.2) is 90.8 Å². The molecule has 0 radical (unpaired) electrons. The Bertz CT molecular complexity index is 1540. The molecule has 0 saturated carbocycles. The number of anilines is 2. The van der Waals surface area contributed by atoms with Crippen molar-refractivity contribution in [3.63, 3.8) is 0 Å². The molecule has 0 unspecified atom stereocenters. The summed E-state index contributed by atoms with van der Waals surface area (Å²) in [5.41, 5.74) is 1.30. The van der Waals surface area contributed by atoms with Crippen LogP contribution < -0.4 is 19.5 Å². The van der Waals surface area contributed by atoms with Crippen molar-refractivity contribution in [2.45, 2.75) is 37.4 Å². The monoisotopic (exact) mass is 614 g/mol. The molecular formula is C29H38N6O7S. The predicted molar refractivity (Wildman–Crippen MR) is 161 cm³/mol. The number of nitrogens with one attached hydrogen (secondary N) is 2. The molecular weight excluding hydrogens is 576 g/mol. The first-order valence-corrected chi connectivity index (χ1v) is 15.2. The third kappa shape index (κ3) is 7.76. The van der Waals surface area contributed by atoms with Crippen LogP contribution in [0.25, 0.3) is 0 Å². The number of sulfonamides is 1. The van der Waals surface area contributed by atoms with Crippen LogP contribution in [-0.2, 0) is 28.3 Å². The third-order valence-corrected chi connectivity index (χ3v) is 8.53. The minimum Gasteiger partial charge on any atom is -0.497 e. The van der Waals surface area contributed by atoms with Crippen molar-refractivity contribution in [2.24, 2.45) is 13.0 Å². The molecule has 14 heteroatoms. The number of aliphatic hydroxyl groups is 1. The number of urea groups is 1. The molecule has 232 valence electrons. The maximum Gasteiger partial charge on any atom is 0.321 e. The SMILES string of the molecule is COc1ccc(NC(=O)N(C)C[C@H]2Oc3ccc(NS(=O)(=O)c4cn(C)cn4)cc3CC(=O)N([C@H](C)CO)C[C@H]2C)cc1. The van der Waals surface area contributed by atoms with Gasteiger partial charge in [0.1, 0.15) is 17.6 Å². The van der Waals surface area contributed by atoms with Crippen molar-refractivity contribution in [3.05, 3.63) is 60.6 Å². The summed E-state index contributed by atoms with van der Waals surface area (Å²) in [5.74, 6) is 0.590. The number of rotatable bonds is 9. The first-order chi connectivity index (χ1) is 20.4. The lowest BCUT2D eigenvalue weighted by atomic mass is 10.0. The van der Waals surface area contributed by atoms with Gasteiger partial charge >= 0.3 is 6.03 Å². The number of aryl methyl sites for hydroxylation is 1. The number of benzene rings is 2. The molecule has 0 saturated heterocycles. The lowest BCUT2D eigenvalue weighted by Crippen LogP contribution is -2.48. The molecule has 3 aromatic rings. The van der Waals surface area contributed by atoms with E-state index in [2.05, 4.69) is 15.0 Å². The number of methoxy groups -OCH3 is 1. The summed E-state index contributed by atoms with van der Waals surface area (Å²) in [4.78, 5) is 33.5. The number of imidazole rings is 1. The number of hydrogen-bond donors (Lipinski definition) is 3. The van der Waals surface area contributed by atoms with Gasteiger partial charge in [-0.25, -0.2) is 9.78 Å². The van der Waals surface area contributed by atoms with E-state index in [1.807, 2.05) is 6.92 Å². The highest BCUT2D eigenvalue weighted by Crippen LogP contribution is 2.30. The number of carbonyl (C=O) groups is 2. The lowest BCUT2D eigenvalue weighted by molar-refractivity contribution is -0.134. The number of aliphatic hydroxyl groups excluding tert-OH is 1. The molecule has 2 aromatic carbocycles. The second-order valence-corrected chi connectivity index (χ2v) is 12.4. The quantitative estimate of drug-likeness (QED) is 0.332. The van der Waals surface area contributed by atoms with Crippen LogP contribution >= 0.6 is 0 Å². The van der Waals surface area contributed by atoms with Gasteiger partial charge in [0.15, 0.2) is 5.03 Å². The number of fused-ring (bicyclic) bond motifs is 1. The standard InChI is InChI=1S/C29H38N6O7S/c1-19-14-35(20(2)17-36)28(37)13-21-12-23(32-43(39,40)27-16-33(3)18-30-27)8-11-25(21)42-26(19)15-34(4)29(38)31-22-6-9-24(41-5)10-7-22/h6-12,16,18-20,26,32,36H,13-15,17H2,1-5H3,(H,31,38)/t19-,20-,26-/m1/s1. The molecule has 1 aliphatic rings.